The Kier molecular flexibility index (Phi) is 11.7. The Morgan fingerprint density at radius 2 is 1.96 bits per heavy atom. The van der Waals surface area contributed by atoms with Crippen molar-refractivity contribution in [3.05, 3.63) is 23.9 Å². The van der Waals surface area contributed by atoms with Crippen molar-refractivity contribution in [3.63, 3.8) is 0 Å². The summed E-state index contributed by atoms with van der Waals surface area (Å²) in [6, 6.07) is 4.24. The van der Waals surface area contributed by atoms with Gasteiger partial charge in [0.2, 0.25) is 0 Å². The molecule has 1 aromatic rings. The minimum Gasteiger partial charge on any atom is -0.381 e. The fourth-order valence-corrected chi connectivity index (χ4v) is 3.34. The van der Waals surface area contributed by atoms with Crippen molar-refractivity contribution in [1.82, 2.24) is 15.2 Å². The van der Waals surface area contributed by atoms with Crippen LogP contribution in [0.4, 0.5) is 5.82 Å². The highest BCUT2D eigenvalue weighted by atomic mass is 127. The van der Waals surface area contributed by atoms with Gasteiger partial charge < -0.3 is 19.9 Å². The number of nitrogens with zero attached hydrogens (tertiary/aromatic N) is 4. The van der Waals surface area contributed by atoms with Crippen LogP contribution in [0.3, 0.4) is 0 Å². The average molecular weight is 489 g/mol. The molecular formula is C20H36IN5O. The third kappa shape index (κ3) is 7.81. The van der Waals surface area contributed by atoms with Gasteiger partial charge in [-0.2, -0.15) is 0 Å². The molecule has 0 aromatic carbocycles. The summed E-state index contributed by atoms with van der Waals surface area (Å²) in [5.74, 6) is 2.75. The van der Waals surface area contributed by atoms with Crippen LogP contribution < -0.4 is 10.2 Å². The van der Waals surface area contributed by atoms with E-state index in [4.69, 9.17) is 4.74 Å². The molecule has 7 heteroatoms. The van der Waals surface area contributed by atoms with E-state index in [-0.39, 0.29) is 24.0 Å². The Morgan fingerprint density at radius 1 is 1.26 bits per heavy atom. The molecule has 1 saturated heterocycles. The van der Waals surface area contributed by atoms with Gasteiger partial charge in [-0.25, -0.2) is 4.98 Å². The molecule has 27 heavy (non-hydrogen) atoms. The molecule has 2 rings (SSSR count). The smallest absolute Gasteiger partial charge is 0.193 e. The summed E-state index contributed by atoms with van der Waals surface area (Å²) in [4.78, 5) is 13.5. The van der Waals surface area contributed by atoms with E-state index in [1.165, 1.54) is 24.8 Å². The van der Waals surface area contributed by atoms with Crippen LogP contribution in [0.5, 0.6) is 0 Å². The van der Waals surface area contributed by atoms with Crippen molar-refractivity contribution in [1.29, 1.82) is 0 Å². The molecular weight excluding hydrogens is 453 g/mol. The fourth-order valence-electron chi connectivity index (χ4n) is 3.34. The summed E-state index contributed by atoms with van der Waals surface area (Å²) in [6.07, 6.45) is 5.52. The minimum absolute atomic E-state index is 0. The predicted molar refractivity (Wildman–Crippen MR) is 124 cm³/mol. The highest BCUT2D eigenvalue weighted by Gasteiger charge is 2.15. The number of rotatable bonds is 8. The molecule has 1 aromatic heterocycles. The molecule has 1 N–H and O–H groups in total. The molecule has 0 amide bonds. The number of anilines is 1. The SMILES string of the molecule is CCN(CC)c1ccc(CNC(=NC)N(C)CCC2CCOCC2)cn1.I. The standard InChI is InChI=1S/C20H35N5O.HI/c1-5-25(6-2)19-8-7-18(15-22-19)16-23-20(21-3)24(4)12-9-17-10-13-26-14-11-17;/h7-8,15,17H,5-6,9-14,16H2,1-4H3,(H,21,23);1H. The molecule has 1 aliphatic rings. The maximum atomic E-state index is 5.44. The van der Waals surface area contributed by atoms with E-state index in [9.17, 15) is 0 Å². The third-order valence-corrected chi connectivity index (χ3v) is 5.13. The number of guanidine groups is 1. The van der Waals surface area contributed by atoms with Gasteiger partial charge in [-0.1, -0.05) is 6.07 Å². The van der Waals surface area contributed by atoms with Gasteiger partial charge in [0.15, 0.2) is 5.96 Å². The van der Waals surface area contributed by atoms with Crippen LogP contribution in [0.15, 0.2) is 23.3 Å². The Hall–Kier alpha value is -1.09. The third-order valence-electron chi connectivity index (χ3n) is 5.13. The van der Waals surface area contributed by atoms with E-state index in [1.54, 1.807) is 0 Å². The highest BCUT2D eigenvalue weighted by Crippen LogP contribution is 2.18. The lowest BCUT2D eigenvalue weighted by Crippen LogP contribution is -2.39. The van der Waals surface area contributed by atoms with Crippen molar-refractivity contribution in [3.8, 4) is 0 Å². The Balaban J connectivity index is 0.00000364. The van der Waals surface area contributed by atoms with Gasteiger partial charge in [-0.3, -0.25) is 4.99 Å². The first-order chi connectivity index (χ1) is 12.7. The van der Waals surface area contributed by atoms with Gasteiger partial charge in [-0.05, 0) is 50.7 Å². The summed E-state index contributed by atoms with van der Waals surface area (Å²) < 4.78 is 5.44. The van der Waals surface area contributed by atoms with Gasteiger partial charge in [0.25, 0.3) is 0 Å². The van der Waals surface area contributed by atoms with E-state index in [0.29, 0.717) is 0 Å². The Bertz CT molecular complexity index is 542. The van der Waals surface area contributed by atoms with Crippen molar-refractivity contribution >= 4 is 35.8 Å². The van der Waals surface area contributed by atoms with E-state index in [0.717, 1.165) is 57.1 Å². The second-order valence-corrected chi connectivity index (χ2v) is 6.86. The van der Waals surface area contributed by atoms with Crippen LogP contribution in [-0.2, 0) is 11.3 Å². The van der Waals surface area contributed by atoms with Crippen molar-refractivity contribution < 1.29 is 4.74 Å². The zero-order valence-electron chi connectivity index (χ0n) is 17.3. The summed E-state index contributed by atoms with van der Waals surface area (Å²) in [6.45, 7) is 9.85. The lowest BCUT2D eigenvalue weighted by Gasteiger charge is -2.27. The number of hydrogen-bond donors (Lipinski definition) is 1. The van der Waals surface area contributed by atoms with E-state index in [1.807, 2.05) is 13.2 Å². The summed E-state index contributed by atoms with van der Waals surface area (Å²) >= 11 is 0. The van der Waals surface area contributed by atoms with Gasteiger partial charge in [-0.15, -0.1) is 24.0 Å². The maximum Gasteiger partial charge on any atom is 0.193 e. The number of aliphatic imine (C=N–C) groups is 1. The second kappa shape index (κ2) is 13.1. The van der Waals surface area contributed by atoms with Crippen LogP contribution in [-0.4, -0.2) is 62.8 Å². The van der Waals surface area contributed by atoms with Crippen LogP contribution >= 0.6 is 24.0 Å². The van der Waals surface area contributed by atoms with Gasteiger partial charge in [0, 0.05) is 59.7 Å². The van der Waals surface area contributed by atoms with Crippen molar-refractivity contribution in [2.75, 3.05) is 51.8 Å². The van der Waals surface area contributed by atoms with Gasteiger partial charge >= 0.3 is 0 Å². The first-order valence-corrected chi connectivity index (χ1v) is 9.87. The number of nitrogens with one attached hydrogen (secondary N) is 1. The molecule has 1 aliphatic heterocycles. The van der Waals surface area contributed by atoms with Gasteiger partial charge in [0.1, 0.15) is 5.82 Å². The minimum atomic E-state index is 0. The van der Waals surface area contributed by atoms with Crippen molar-refractivity contribution in [2.45, 2.75) is 39.7 Å². The quantitative estimate of drug-likeness (QED) is 0.345. The number of aromatic nitrogens is 1. The fraction of sp³-hybridized carbons (Fsp3) is 0.700. The lowest BCUT2D eigenvalue weighted by molar-refractivity contribution is 0.0625. The molecule has 0 bridgehead atoms. The maximum absolute atomic E-state index is 5.44. The molecule has 0 spiro atoms. The van der Waals surface area contributed by atoms with Crippen LogP contribution in [0.1, 0.15) is 38.7 Å². The zero-order valence-corrected chi connectivity index (χ0v) is 19.6. The largest absolute Gasteiger partial charge is 0.381 e. The van der Waals surface area contributed by atoms with Crippen LogP contribution in [0.25, 0.3) is 0 Å². The van der Waals surface area contributed by atoms with E-state index < -0.39 is 0 Å². The molecule has 0 aliphatic carbocycles. The lowest BCUT2D eigenvalue weighted by atomic mass is 9.96. The molecule has 2 heterocycles. The molecule has 1 fully saturated rings. The highest BCUT2D eigenvalue weighted by molar-refractivity contribution is 14.0. The average Bonchev–Trinajstić information content (AvgIpc) is 2.69. The second-order valence-electron chi connectivity index (χ2n) is 6.86. The van der Waals surface area contributed by atoms with Crippen molar-refractivity contribution in [2.24, 2.45) is 10.9 Å². The number of hydrogen-bond acceptors (Lipinski definition) is 4. The normalized spacial score (nSPS) is 15.2. The molecule has 0 radical (unpaired) electrons. The molecule has 6 nitrogen and oxygen atoms in total. The topological polar surface area (TPSA) is 53.0 Å². The zero-order chi connectivity index (χ0) is 18.8. The molecule has 0 unspecified atom stereocenters. The first-order valence-electron chi connectivity index (χ1n) is 9.87. The molecule has 0 atom stereocenters. The van der Waals surface area contributed by atoms with Crippen LogP contribution in [0, 0.1) is 5.92 Å². The number of pyridine rings is 1. The van der Waals surface area contributed by atoms with E-state index >= 15 is 0 Å². The van der Waals surface area contributed by atoms with Crippen LogP contribution in [0.2, 0.25) is 0 Å². The number of ether oxygens (including phenoxy) is 1. The monoisotopic (exact) mass is 489 g/mol. The predicted octanol–water partition coefficient (Wildman–Crippen LogP) is 3.37. The summed E-state index contributed by atoms with van der Waals surface area (Å²) in [5, 5.41) is 3.45. The molecule has 0 saturated carbocycles. The number of halogens is 1. The summed E-state index contributed by atoms with van der Waals surface area (Å²) in [5.41, 5.74) is 1.17. The molecule has 154 valence electrons. The van der Waals surface area contributed by atoms with Gasteiger partial charge in [0.05, 0.1) is 0 Å². The Morgan fingerprint density at radius 3 is 2.52 bits per heavy atom. The summed E-state index contributed by atoms with van der Waals surface area (Å²) in [7, 11) is 3.95. The van der Waals surface area contributed by atoms with E-state index in [2.05, 4.69) is 58.1 Å². The Labute approximate surface area is 181 Å². The first kappa shape index (κ1) is 23.9.